The number of fused-ring (bicyclic) bond motifs is 7. The van der Waals surface area contributed by atoms with Crippen molar-refractivity contribution in [3.63, 3.8) is 0 Å². The van der Waals surface area contributed by atoms with Crippen molar-refractivity contribution in [3.05, 3.63) is 59.9 Å². The molecule has 2 N–H and O–H groups in total. The Bertz CT molecular complexity index is 1340. The second-order valence-corrected chi connectivity index (χ2v) is 6.43. The third kappa shape index (κ3) is 2.03. The zero-order valence-electron chi connectivity index (χ0n) is 14.6. The first kappa shape index (κ1) is 14.7. The number of H-pyrrole nitrogens is 2. The van der Waals surface area contributed by atoms with Crippen molar-refractivity contribution < 1.29 is 0 Å². The minimum Gasteiger partial charge on any atom is -0.348 e. The minimum atomic E-state index is 0.957. The van der Waals surface area contributed by atoms with Crippen LogP contribution in [0, 0.1) is 23.7 Å². The molecule has 5 rings (SSSR count). The zero-order valence-corrected chi connectivity index (χ0v) is 14.6. The van der Waals surface area contributed by atoms with Gasteiger partial charge in [0.25, 0.3) is 0 Å². The van der Waals surface area contributed by atoms with Crippen molar-refractivity contribution in [3.8, 4) is 23.7 Å². The molecule has 0 atom stereocenters. The summed E-state index contributed by atoms with van der Waals surface area (Å²) in [6, 6.07) is 17.4. The highest BCUT2D eigenvalue weighted by Gasteiger charge is 2.10. The van der Waals surface area contributed by atoms with Crippen molar-refractivity contribution in [2.45, 2.75) is 13.8 Å². The van der Waals surface area contributed by atoms with Gasteiger partial charge in [-0.25, -0.2) is 0 Å². The molecule has 0 aliphatic heterocycles. The Morgan fingerprint density at radius 1 is 0.538 bits per heavy atom. The first-order chi connectivity index (χ1) is 12.8. The molecule has 0 bridgehead atoms. The molecule has 2 nitrogen and oxygen atoms in total. The zero-order chi connectivity index (χ0) is 17.7. The Morgan fingerprint density at radius 3 is 1.35 bits per heavy atom. The van der Waals surface area contributed by atoms with E-state index in [-0.39, 0.29) is 0 Å². The van der Waals surface area contributed by atoms with Crippen LogP contribution in [0.3, 0.4) is 0 Å². The SMILES string of the molecule is CC#Cc1cc2c(ccc3c2ccc2c4cc(C#CC)[nH]c4ccc23)[nH]1. The van der Waals surface area contributed by atoms with Gasteiger partial charge in [0.2, 0.25) is 0 Å². The van der Waals surface area contributed by atoms with Crippen LogP contribution in [0.2, 0.25) is 0 Å². The van der Waals surface area contributed by atoms with E-state index in [0.717, 1.165) is 22.4 Å². The molecule has 2 heteroatoms. The van der Waals surface area contributed by atoms with Gasteiger partial charge < -0.3 is 9.97 Å². The van der Waals surface area contributed by atoms with Crippen LogP contribution >= 0.6 is 0 Å². The molecule has 0 aliphatic carbocycles. The second-order valence-electron chi connectivity index (χ2n) is 6.43. The molecule has 0 fully saturated rings. The highest BCUT2D eigenvalue weighted by molar-refractivity contribution is 6.21. The molecular weight excluding hydrogens is 316 g/mol. The summed E-state index contributed by atoms with van der Waals surface area (Å²) in [5.74, 6) is 12.1. The topological polar surface area (TPSA) is 31.6 Å². The van der Waals surface area contributed by atoms with Gasteiger partial charge in [-0.1, -0.05) is 36.1 Å². The van der Waals surface area contributed by atoms with E-state index in [1.807, 2.05) is 13.8 Å². The highest BCUT2D eigenvalue weighted by Crippen LogP contribution is 2.35. The van der Waals surface area contributed by atoms with Gasteiger partial charge in [0.15, 0.2) is 0 Å². The van der Waals surface area contributed by atoms with Gasteiger partial charge in [-0.05, 0) is 71.5 Å². The summed E-state index contributed by atoms with van der Waals surface area (Å²) in [6.07, 6.45) is 0. The number of benzene rings is 3. The van der Waals surface area contributed by atoms with E-state index in [9.17, 15) is 0 Å². The van der Waals surface area contributed by atoms with Gasteiger partial charge in [0, 0.05) is 21.8 Å². The fraction of sp³-hybridized carbons (Fsp3) is 0.0833. The fourth-order valence-electron chi connectivity index (χ4n) is 3.85. The highest BCUT2D eigenvalue weighted by atomic mass is 14.7. The van der Waals surface area contributed by atoms with Crippen LogP contribution in [0.4, 0.5) is 0 Å². The Morgan fingerprint density at radius 2 is 0.923 bits per heavy atom. The third-order valence-corrected chi connectivity index (χ3v) is 4.92. The monoisotopic (exact) mass is 332 g/mol. The molecule has 0 aliphatic rings. The lowest BCUT2D eigenvalue weighted by molar-refractivity contribution is 1.42. The maximum atomic E-state index is 3.39. The lowest BCUT2D eigenvalue weighted by Crippen LogP contribution is -1.80. The van der Waals surface area contributed by atoms with Gasteiger partial charge in [0.05, 0.1) is 11.4 Å². The van der Waals surface area contributed by atoms with Crippen molar-refractivity contribution in [2.75, 3.05) is 0 Å². The van der Waals surface area contributed by atoms with Gasteiger partial charge in [0.1, 0.15) is 0 Å². The number of rotatable bonds is 0. The van der Waals surface area contributed by atoms with Crippen LogP contribution < -0.4 is 0 Å². The summed E-state index contributed by atoms with van der Waals surface area (Å²) in [7, 11) is 0. The lowest BCUT2D eigenvalue weighted by atomic mass is 9.97. The van der Waals surface area contributed by atoms with Crippen molar-refractivity contribution in [1.82, 2.24) is 9.97 Å². The van der Waals surface area contributed by atoms with Crippen molar-refractivity contribution >= 4 is 43.4 Å². The van der Waals surface area contributed by atoms with Gasteiger partial charge in [-0.15, -0.1) is 0 Å². The maximum Gasteiger partial charge on any atom is 0.0904 e. The number of aromatic amines is 2. The predicted octanol–water partition coefficient (Wildman–Crippen LogP) is 5.70. The first-order valence-corrected chi connectivity index (χ1v) is 8.64. The molecule has 0 radical (unpaired) electrons. The molecule has 0 saturated carbocycles. The predicted molar refractivity (Wildman–Crippen MR) is 110 cm³/mol. The smallest absolute Gasteiger partial charge is 0.0904 e. The van der Waals surface area contributed by atoms with E-state index in [0.29, 0.717) is 0 Å². The third-order valence-electron chi connectivity index (χ3n) is 4.92. The molecule has 3 aromatic carbocycles. The molecular formula is C24H16N2. The Labute approximate surface area is 151 Å². The van der Waals surface area contributed by atoms with Gasteiger partial charge in [-0.2, -0.15) is 0 Å². The number of aromatic nitrogens is 2. The Kier molecular flexibility index (Phi) is 3.08. The van der Waals surface area contributed by atoms with Crippen LogP contribution in [-0.4, -0.2) is 9.97 Å². The first-order valence-electron chi connectivity index (χ1n) is 8.64. The van der Waals surface area contributed by atoms with Crippen molar-refractivity contribution in [2.24, 2.45) is 0 Å². The summed E-state index contributed by atoms with van der Waals surface area (Å²) in [5, 5.41) is 7.45. The molecule has 2 aromatic heterocycles. The largest absolute Gasteiger partial charge is 0.348 e. The van der Waals surface area contributed by atoms with Crippen LogP contribution in [-0.2, 0) is 0 Å². The van der Waals surface area contributed by atoms with E-state index >= 15 is 0 Å². The molecule has 5 aromatic rings. The Balaban J connectivity index is 1.88. The molecule has 2 heterocycles. The van der Waals surface area contributed by atoms with Crippen LogP contribution in [0.5, 0.6) is 0 Å². The molecule has 26 heavy (non-hydrogen) atoms. The summed E-state index contributed by atoms with van der Waals surface area (Å²) in [5.41, 5.74) is 4.16. The van der Waals surface area contributed by atoms with Crippen LogP contribution in [0.15, 0.2) is 48.5 Å². The number of hydrogen-bond donors (Lipinski definition) is 2. The molecule has 0 saturated heterocycles. The fourth-order valence-corrected chi connectivity index (χ4v) is 3.85. The molecule has 0 spiro atoms. The van der Waals surface area contributed by atoms with Crippen LogP contribution in [0.25, 0.3) is 43.4 Å². The average molecular weight is 332 g/mol. The van der Waals surface area contributed by atoms with E-state index in [1.54, 1.807) is 0 Å². The number of hydrogen-bond acceptors (Lipinski definition) is 0. The quantitative estimate of drug-likeness (QED) is 0.269. The lowest BCUT2D eigenvalue weighted by Gasteiger charge is -2.06. The second kappa shape index (κ2) is 5.45. The van der Waals surface area contributed by atoms with Crippen molar-refractivity contribution in [1.29, 1.82) is 0 Å². The summed E-state index contributed by atoms with van der Waals surface area (Å²) >= 11 is 0. The summed E-state index contributed by atoms with van der Waals surface area (Å²) < 4.78 is 0. The van der Waals surface area contributed by atoms with E-state index < -0.39 is 0 Å². The minimum absolute atomic E-state index is 0.957. The van der Waals surface area contributed by atoms with Gasteiger partial charge >= 0.3 is 0 Å². The van der Waals surface area contributed by atoms with E-state index in [1.165, 1.54) is 32.3 Å². The van der Waals surface area contributed by atoms with E-state index in [2.05, 4.69) is 82.2 Å². The van der Waals surface area contributed by atoms with Gasteiger partial charge in [-0.3, -0.25) is 0 Å². The molecule has 0 unspecified atom stereocenters. The maximum absolute atomic E-state index is 3.39. The molecule has 122 valence electrons. The summed E-state index contributed by atoms with van der Waals surface area (Å²) in [4.78, 5) is 6.78. The molecule has 0 amide bonds. The Hall–Kier alpha value is -3.62. The average Bonchev–Trinajstić information content (AvgIpc) is 3.24. The standard InChI is InChI=1S/C24H16N2/c1-3-5-15-13-21-19-7-8-20-18(17(19)9-11-23(21)25-15)10-12-24-22(20)14-16(26-24)6-4-2/h7-14,25-26H,1-2H3. The van der Waals surface area contributed by atoms with E-state index in [4.69, 9.17) is 0 Å². The summed E-state index contributed by atoms with van der Waals surface area (Å²) in [6.45, 7) is 3.72. The number of nitrogens with one attached hydrogen (secondary N) is 2. The normalized spacial score (nSPS) is 10.8. The van der Waals surface area contributed by atoms with Crippen LogP contribution in [0.1, 0.15) is 25.2 Å².